The minimum atomic E-state index is -4.23. The molecule has 0 saturated heterocycles. The molecule has 1 aromatic carbocycles. The standard InChI is InChI=1S/C10H21NO6S.C8H11N/c1-4-6-16-8-11(9(3)5-2)18(14,15)17-10(13)7-12;1-6-4-3-5-7(2)8(6)9/h9,12H,4-8H2,1-3H3;3-5H,9H2,1-2H3. The van der Waals surface area contributed by atoms with Crippen molar-refractivity contribution in [2.24, 2.45) is 0 Å². The van der Waals surface area contributed by atoms with E-state index in [2.05, 4.69) is 4.18 Å². The largest absolute Gasteiger partial charge is 0.398 e. The SMILES string of the molecule is CCCOCN(C(C)CC)S(=O)(=O)OC(=O)CO.Cc1cccc(C)c1N. The van der Waals surface area contributed by atoms with E-state index in [0.717, 1.165) is 27.5 Å². The van der Waals surface area contributed by atoms with Crippen LogP contribution < -0.4 is 5.73 Å². The first kappa shape index (κ1) is 25.3. The van der Waals surface area contributed by atoms with Gasteiger partial charge in [0.05, 0.1) is 0 Å². The van der Waals surface area contributed by atoms with Gasteiger partial charge in [-0.2, -0.15) is 8.42 Å². The monoisotopic (exact) mass is 404 g/mol. The molecule has 8 nitrogen and oxygen atoms in total. The van der Waals surface area contributed by atoms with Gasteiger partial charge in [0.25, 0.3) is 0 Å². The number of para-hydroxylation sites is 1. The van der Waals surface area contributed by atoms with Crippen molar-refractivity contribution in [3.05, 3.63) is 29.3 Å². The normalized spacial score (nSPS) is 12.3. The number of aryl methyl sites for hydroxylation is 2. The first-order chi connectivity index (χ1) is 12.6. The summed E-state index contributed by atoms with van der Waals surface area (Å²) >= 11 is 0. The van der Waals surface area contributed by atoms with E-state index in [1.54, 1.807) is 13.8 Å². The molecule has 1 rings (SSSR count). The number of rotatable bonds is 9. The fourth-order valence-electron chi connectivity index (χ4n) is 1.93. The van der Waals surface area contributed by atoms with Gasteiger partial charge in [-0.1, -0.05) is 32.0 Å². The van der Waals surface area contributed by atoms with Crippen molar-refractivity contribution in [1.82, 2.24) is 4.31 Å². The Labute approximate surface area is 162 Å². The first-order valence-electron chi connectivity index (χ1n) is 8.84. The van der Waals surface area contributed by atoms with Crippen molar-refractivity contribution in [3.8, 4) is 0 Å². The molecule has 0 fully saturated rings. The Kier molecular flexibility index (Phi) is 11.9. The number of aliphatic hydroxyl groups excluding tert-OH is 1. The van der Waals surface area contributed by atoms with Crippen molar-refractivity contribution >= 4 is 22.0 Å². The van der Waals surface area contributed by atoms with Crippen LogP contribution in [0.15, 0.2) is 18.2 Å². The van der Waals surface area contributed by atoms with Crippen LogP contribution in [0.5, 0.6) is 0 Å². The van der Waals surface area contributed by atoms with Crippen LogP contribution in [-0.4, -0.2) is 49.8 Å². The van der Waals surface area contributed by atoms with Gasteiger partial charge in [0, 0.05) is 18.3 Å². The molecule has 0 aromatic heterocycles. The number of anilines is 1. The minimum Gasteiger partial charge on any atom is -0.398 e. The number of ether oxygens (including phenoxy) is 1. The van der Waals surface area contributed by atoms with Crippen LogP contribution >= 0.6 is 0 Å². The number of hydrogen-bond acceptors (Lipinski definition) is 7. The number of nitrogen functional groups attached to an aromatic ring is 1. The molecule has 0 bridgehead atoms. The number of benzene rings is 1. The zero-order chi connectivity index (χ0) is 21.0. The lowest BCUT2D eigenvalue weighted by Crippen LogP contribution is -2.42. The summed E-state index contributed by atoms with van der Waals surface area (Å²) in [4.78, 5) is 10.9. The lowest BCUT2D eigenvalue weighted by atomic mass is 10.1. The summed E-state index contributed by atoms with van der Waals surface area (Å²) in [5.74, 6) is -1.21. The maximum absolute atomic E-state index is 11.8. The van der Waals surface area contributed by atoms with Crippen LogP contribution in [0.3, 0.4) is 0 Å². The molecule has 1 unspecified atom stereocenters. The van der Waals surface area contributed by atoms with Crippen LogP contribution in [0.4, 0.5) is 5.69 Å². The number of carbonyl (C=O) groups is 1. The topological polar surface area (TPSA) is 119 Å². The van der Waals surface area contributed by atoms with Crippen molar-refractivity contribution < 1.29 is 27.2 Å². The summed E-state index contributed by atoms with van der Waals surface area (Å²) in [5.41, 5.74) is 8.92. The minimum absolute atomic E-state index is 0.177. The molecule has 0 saturated carbocycles. The van der Waals surface area contributed by atoms with Gasteiger partial charge < -0.3 is 19.8 Å². The first-order valence-corrected chi connectivity index (χ1v) is 10.2. The zero-order valence-corrected chi connectivity index (χ0v) is 17.6. The third-order valence-electron chi connectivity index (χ3n) is 3.81. The smallest absolute Gasteiger partial charge is 0.389 e. The summed E-state index contributed by atoms with van der Waals surface area (Å²) in [6.07, 6.45) is 1.30. The summed E-state index contributed by atoms with van der Waals surface area (Å²) < 4.78 is 33.9. The Hall–Kier alpha value is -1.68. The van der Waals surface area contributed by atoms with Crippen LogP contribution in [0, 0.1) is 13.8 Å². The van der Waals surface area contributed by atoms with Gasteiger partial charge in [-0.25, -0.2) is 4.79 Å². The van der Waals surface area contributed by atoms with Gasteiger partial charge in [-0.05, 0) is 44.7 Å². The maximum Gasteiger partial charge on any atom is 0.389 e. The molecule has 1 atom stereocenters. The Morgan fingerprint density at radius 1 is 1.26 bits per heavy atom. The molecule has 0 aliphatic heterocycles. The molecule has 3 N–H and O–H groups in total. The molecule has 0 radical (unpaired) electrons. The van der Waals surface area contributed by atoms with Crippen LogP contribution in [0.2, 0.25) is 0 Å². The van der Waals surface area contributed by atoms with E-state index < -0.39 is 22.9 Å². The summed E-state index contributed by atoms with van der Waals surface area (Å²) in [6.45, 7) is 8.67. The van der Waals surface area contributed by atoms with E-state index in [1.165, 1.54) is 0 Å². The number of nitrogens with zero attached hydrogens (tertiary/aromatic N) is 1. The predicted molar refractivity (Wildman–Crippen MR) is 105 cm³/mol. The summed E-state index contributed by atoms with van der Waals surface area (Å²) in [6, 6.07) is 5.68. The van der Waals surface area contributed by atoms with Crippen molar-refractivity contribution in [2.45, 2.75) is 53.5 Å². The molecule has 0 aliphatic carbocycles. The summed E-state index contributed by atoms with van der Waals surface area (Å²) in [7, 11) is -4.23. The summed E-state index contributed by atoms with van der Waals surface area (Å²) in [5, 5.41) is 8.50. The second-order valence-corrected chi connectivity index (χ2v) is 7.55. The molecule has 9 heteroatoms. The molecular weight excluding hydrogens is 372 g/mol. The number of nitrogens with two attached hydrogens (primary N) is 1. The van der Waals surface area contributed by atoms with E-state index in [9.17, 15) is 13.2 Å². The highest BCUT2D eigenvalue weighted by atomic mass is 32.2. The molecule has 27 heavy (non-hydrogen) atoms. The predicted octanol–water partition coefficient (Wildman–Crippen LogP) is 2.14. The molecule has 0 aliphatic rings. The van der Waals surface area contributed by atoms with E-state index in [4.69, 9.17) is 15.6 Å². The Morgan fingerprint density at radius 3 is 2.22 bits per heavy atom. The van der Waals surface area contributed by atoms with E-state index in [1.807, 2.05) is 39.0 Å². The second kappa shape index (κ2) is 12.7. The third-order valence-corrected chi connectivity index (χ3v) is 5.24. The second-order valence-electron chi connectivity index (χ2n) is 6.06. The Morgan fingerprint density at radius 2 is 1.81 bits per heavy atom. The maximum atomic E-state index is 11.8. The molecule has 0 heterocycles. The molecular formula is C18H32N2O6S. The van der Waals surface area contributed by atoms with Crippen LogP contribution in [0.25, 0.3) is 0 Å². The average molecular weight is 405 g/mol. The molecule has 1 aromatic rings. The van der Waals surface area contributed by atoms with Crippen molar-refractivity contribution in [1.29, 1.82) is 0 Å². The van der Waals surface area contributed by atoms with Gasteiger partial charge in [-0.3, -0.25) is 0 Å². The fraction of sp³-hybridized carbons (Fsp3) is 0.611. The van der Waals surface area contributed by atoms with Crippen molar-refractivity contribution in [2.75, 3.05) is 25.7 Å². The van der Waals surface area contributed by atoms with Gasteiger partial charge in [-0.15, -0.1) is 4.31 Å². The van der Waals surface area contributed by atoms with Crippen LogP contribution in [-0.2, 0) is 24.0 Å². The lowest BCUT2D eigenvalue weighted by Gasteiger charge is -2.25. The third kappa shape index (κ3) is 9.18. The van der Waals surface area contributed by atoms with Gasteiger partial charge >= 0.3 is 16.3 Å². The fourth-order valence-corrected chi connectivity index (χ4v) is 3.11. The Balaban J connectivity index is 0.000000621. The zero-order valence-electron chi connectivity index (χ0n) is 16.8. The van der Waals surface area contributed by atoms with Crippen LogP contribution in [0.1, 0.15) is 44.7 Å². The Bertz CT molecular complexity index is 658. The highest BCUT2D eigenvalue weighted by molar-refractivity contribution is 7.84. The molecule has 0 amide bonds. The highest BCUT2D eigenvalue weighted by Crippen LogP contribution is 2.14. The van der Waals surface area contributed by atoms with Gasteiger partial charge in [0.2, 0.25) is 0 Å². The average Bonchev–Trinajstić information content (AvgIpc) is 2.62. The van der Waals surface area contributed by atoms with Crippen molar-refractivity contribution in [3.63, 3.8) is 0 Å². The molecule has 156 valence electrons. The molecule has 0 spiro atoms. The number of hydrogen-bond donors (Lipinski definition) is 2. The van der Waals surface area contributed by atoms with Gasteiger partial charge in [0.1, 0.15) is 13.3 Å². The van der Waals surface area contributed by atoms with E-state index >= 15 is 0 Å². The number of aliphatic hydroxyl groups is 1. The van der Waals surface area contributed by atoms with E-state index in [-0.39, 0.29) is 12.8 Å². The number of carbonyl (C=O) groups excluding carboxylic acids is 1. The van der Waals surface area contributed by atoms with E-state index in [0.29, 0.717) is 13.0 Å². The van der Waals surface area contributed by atoms with Gasteiger partial charge in [0.15, 0.2) is 0 Å². The highest BCUT2D eigenvalue weighted by Gasteiger charge is 2.30. The lowest BCUT2D eigenvalue weighted by molar-refractivity contribution is -0.137. The quantitative estimate of drug-likeness (QED) is 0.367.